The molecule has 3 unspecified atom stereocenters. The van der Waals surface area contributed by atoms with Crippen LogP contribution in [-0.2, 0) is 14.4 Å². The summed E-state index contributed by atoms with van der Waals surface area (Å²) in [5.74, 6) is 1.85. The Kier molecular flexibility index (Phi) is 47.1. The zero-order valence-corrected chi connectivity index (χ0v) is 46.1. The highest BCUT2D eigenvalue weighted by Gasteiger charge is 2.41. The lowest BCUT2D eigenvalue weighted by atomic mass is 9.67. The number of hydrogen-bond donors (Lipinski definition) is 3. The molecule has 0 saturated carbocycles. The molecule has 0 fully saturated rings. The van der Waals surface area contributed by atoms with Gasteiger partial charge in [0.25, 0.3) is 0 Å². The fraction of sp³-hybridized carbons (Fsp3) is 0.947. The Hall–Kier alpha value is -0.930. The Morgan fingerprint density at radius 2 is 0.864 bits per heavy atom. The first-order valence-electron chi connectivity index (χ1n) is 28.8. The molecule has 0 bridgehead atoms. The number of carbonyl (C=O) groups excluding carboxylic acids is 1. The molecule has 0 spiro atoms. The monoisotopic (exact) mass is 969 g/mol. The van der Waals surface area contributed by atoms with E-state index in [0.717, 1.165) is 127 Å². The predicted octanol–water partition coefficient (Wildman–Crippen LogP) is 18.0. The molecular formula is C57H112N2O5S2. The first kappa shape index (κ1) is 65.1. The minimum Gasteiger partial charge on any atom is -0.481 e. The molecule has 0 aromatic rings. The number of nitrogens with zero attached hydrogens (tertiary/aromatic N) is 1. The van der Waals surface area contributed by atoms with Crippen molar-refractivity contribution in [2.45, 2.75) is 304 Å². The number of carboxylic acid groups (broad SMARTS) is 2. The molecule has 0 rings (SSSR count). The minimum atomic E-state index is -0.702. The molecule has 0 aromatic carbocycles. The second-order valence-corrected chi connectivity index (χ2v) is 23.3. The van der Waals surface area contributed by atoms with E-state index in [1.807, 2.05) is 0 Å². The van der Waals surface area contributed by atoms with Gasteiger partial charge in [0, 0.05) is 43.5 Å². The van der Waals surface area contributed by atoms with Gasteiger partial charge in [-0.25, -0.2) is 0 Å². The fourth-order valence-corrected chi connectivity index (χ4v) is 12.3. The Morgan fingerprint density at radius 1 is 0.470 bits per heavy atom. The molecule has 0 saturated heterocycles. The van der Waals surface area contributed by atoms with Crippen LogP contribution in [0.1, 0.15) is 298 Å². The van der Waals surface area contributed by atoms with Gasteiger partial charge in [0.1, 0.15) is 0 Å². The molecule has 0 aliphatic carbocycles. The van der Waals surface area contributed by atoms with Gasteiger partial charge < -0.3 is 20.8 Å². The lowest BCUT2D eigenvalue weighted by Gasteiger charge is -2.37. The van der Waals surface area contributed by atoms with Crippen LogP contribution < -0.4 is 5.73 Å². The largest absolute Gasteiger partial charge is 0.481 e. The Labute approximate surface area is 418 Å². The van der Waals surface area contributed by atoms with Gasteiger partial charge >= 0.3 is 11.9 Å². The summed E-state index contributed by atoms with van der Waals surface area (Å²) in [5.41, 5.74) is 5.12. The molecule has 0 aromatic heterocycles. The Bertz CT molecular complexity index is 1070. The van der Waals surface area contributed by atoms with E-state index in [0.29, 0.717) is 30.7 Å². The van der Waals surface area contributed by atoms with Gasteiger partial charge in [-0.05, 0) is 56.8 Å². The van der Waals surface area contributed by atoms with Gasteiger partial charge in [-0.15, -0.1) is 0 Å². The van der Waals surface area contributed by atoms with Crippen LogP contribution in [0.3, 0.4) is 0 Å². The molecule has 0 heterocycles. The number of rotatable bonds is 53. The van der Waals surface area contributed by atoms with Gasteiger partial charge in [0.2, 0.25) is 5.91 Å². The summed E-state index contributed by atoms with van der Waals surface area (Å²) in [7, 11) is 3.55. The molecule has 66 heavy (non-hydrogen) atoms. The van der Waals surface area contributed by atoms with E-state index in [2.05, 4.69) is 39.5 Å². The zero-order valence-electron chi connectivity index (χ0n) is 44.5. The van der Waals surface area contributed by atoms with Crippen molar-refractivity contribution in [1.29, 1.82) is 0 Å². The zero-order chi connectivity index (χ0) is 48.8. The predicted molar refractivity (Wildman–Crippen MR) is 292 cm³/mol. The first-order valence-corrected chi connectivity index (χ1v) is 31.3. The maximum atomic E-state index is 14.0. The van der Waals surface area contributed by atoms with Crippen LogP contribution in [0, 0.1) is 17.3 Å². The molecule has 4 N–H and O–H groups in total. The number of carboxylic acids is 2. The molecule has 7 nitrogen and oxygen atoms in total. The third-order valence-corrected chi connectivity index (χ3v) is 16.9. The van der Waals surface area contributed by atoms with Crippen molar-refractivity contribution in [3.63, 3.8) is 0 Å². The van der Waals surface area contributed by atoms with Gasteiger partial charge in [-0.1, -0.05) is 262 Å². The Morgan fingerprint density at radius 3 is 1.33 bits per heavy atom. The highest BCUT2D eigenvalue weighted by Crippen LogP contribution is 2.44. The summed E-state index contributed by atoms with van der Waals surface area (Å²) in [5, 5.41) is 20.3. The second-order valence-electron chi connectivity index (χ2n) is 20.6. The number of unbranched alkanes of at least 4 members (excludes halogenated alkanes) is 23. The van der Waals surface area contributed by atoms with Gasteiger partial charge in [-0.2, -0.15) is 0 Å². The van der Waals surface area contributed by atoms with E-state index in [1.54, 1.807) is 21.6 Å². The van der Waals surface area contributed by atoms with Crippen LogP contribution in [0.15, 0.2) is 0 Å². The molecule has 392 valence electrons. The van der Waals surface area contributed by atoms with E-state index in [4.69, 9.17) is 10.8 Å². The standard InChI is InChI=1S/C57H112N2O5S2/c1-6-11-16-19-22-28-35-46-59(54(60)43-47-65-66-48-45-58)53(40-31-24-20-21-26-33-42-55(61)62)41-32-25-23-27-34-44-57(56(63)64,49-51(36-14-9-4)38-29-17-12-7-2)50-52(37-15-10-5)39-30-18-13-8-3/h51-53H,6-50,58H2,1-5H3,(H,61,62)(H,63,64). The number of amides is 1. The average molecular weight is 970 g/mol. The van der Waals surface area contributed by atoms with Crippen LogP contribution in [0.2, 0.25) is 0 Å². The number of carbonyl (C=O) groups is 3. The SMILES string of the molecule is CCCCCCCCCN(C(=O)CCSSCCN)C(CCCCCCCCC(=O)O)CCCCCCCC(CC(CCCC)CCCCCC)(CC(CCCC)CCCCCC)C(=O)O. The van der Waals surface area contributed by atoms with Crippen molar-refractivity contribution >= 4 is 39.4 Å². The van der Waals surface area contributed by atoms with E-state index in [1.165, 1.54) is 141 Å². The second kappa shape index (κ2) is 47.7. The minimum absolute atomic E-state index is 0.263. The van der Waals surface area contributed by atoms with E-state index in [-0.39, 0.29) is 12.5 Å². The van der Waals surface area contributed by atoms with Crippen LogP contribution in [0.5, 0.6) is 0 Å². The molecule has 1 amide bonds. The summed E-state index contributed by atoms with van der Waals surface area (Å²) in [6, 6.07) is 0.265. The van der Waals surface area contributed by atoms with Gasteiger partial charge in [0.15, 0.2) is 0 Å². The van der Waals surface area contributed by atoms with E-state index < -0.39 is 17.4 Å². The van der Waals surface area contributed by atoms with Gasteiger partial charge in [0.05, 0.1) is 5.41 Å². The van der Waals surface area contributed by atoms with Crippen LogP contribution >= 0.6 is 21.6 Å². The first-order chi connectivity index (χ1) is 32.1. The molecule has 0 aliphatic heterocycles. The van der Waals surface area contributed by atoms with E-state index >= 15 is 0 Å². The van der Waals surface area contributed by atoms with Crippen LogP contribution in [0.4, 0.5) is 0 Å². The lowest BCUT2D eigenvalue weighted by Crippen LogP contribution is -2.41. The summed E-state index contributed by atoms with van der Waals surface area (Å²) in [6.45, 7) is 12.9. The van der Waals surface area contributed by atoms with Gasteiger partial charge in [-0.3, -0.25) is 14.4 Å². The van der Waals surface area contributed by atoms with Crippen LogP contribution in [0.25, 0.3) is 0 Å². The maximum absolute atomic E-state index is 14.0. The summed E-state index contributed by atoms with van der Waals surface area (Å²) >= 11 is 0. The number of aliphatic carboxylic acids is 2. The fourth-order valence-electron chi connectivity index (χ4n) is 10.5. The summed E-state index contributed by atoms with van der Waals surface area (Å²) in [4.78, 5) is 41.1. The smallest absolute Gasteiger partial charge is 0.309 e. The van der Waals surface area contributed by atoms with Crippen molar-refractivity contribution in [2.24, 2.45) is 23.0 Å². The average Bonchev–Trinajstić information content (AvgIpc) is 3.30. The number of nitrogens with two attached hydrogens (primary N) is 1. The highest BCUT2D eigenvalue weighted by molar-refractivity contribution is 8.76. The molecular weight excluding hydrogens is 857 g/mol. The molecule has 9 heteroatoms. The number of hydrogen-bond acceptors (Lipinski definition) is 6. The Balaban J connectivity index is 6.00. The van der Waals surface area contributed by atoms with Crippen molar-refractivity contribution in [3.05, 3.63) is 0 Å². The van der Waals surface area contributed by atoms with E-state index in [9.17, 15) is 19.5 Å². The summed E-state index contributed by atoms with van der Waals surface area (Å²) in [6.07, 6.45) is 45.3. The molecule has 0 aliphatic rings. The molecule has 0 radical (unpaired) electrons. The summed E-state index contributed by atoms with van der Waals surface area (Å²) < 4.78 is 0. The quantitative estimate of drug-likeness (QED) is 0.0407. The van der Waals surface area contributed by atoms with Crippen molar-refractivity contribution in [3.8, 4) is 0 Å². The van der Waals surface area contributed by atoms with Crippen LogP contribution in [-0.4, -0.2) is 63.6 Å². The van der Waals surface area contributed by atoms with Crippen molar-refractivity contribution in [2.75, 3.05) is 24.6 Å². The highest BCUT2D eigenvalue weighted by atomic mass is 33.1. The maximum Gasteiger partial charge on any atom is 0.309 e. The third-order valence-electron chi connectivity index (χ3n) is 14.5. The molecule has 3 atom stereocenters. The normalized spacial score (nSPS) is 14.0. The third kappa shape index (κ3) is 37.0. The van der Waals surface area contributed by atoms with Crippen molar-refractivity contribution in [1.82, 2.24) is 4.90 Å². The van der Waals surface area contributed by atoms with Crippen molar-refractivity contribution < 1.29 is 24.6 Å². The topological polar surface area (TPSA) is 121 Å². The lowest BCUT2D eigenvalue weighted by molar-refractivity contribution is -0.152.